The third-order valence-corrected chi connectivity index (χ3v) is 2.82. The molecule has 0 spiro atoms. The largest absolute Gasteiger partial charge is 0.381 e. The molecule has 0 aliphatic rings. The van der Waals surface area contributed by atoms with Crippen LogP contribution in [0, 0.1) is 24.0 Å². The zero-order chi connectivity index (χ0) is 13.1. The van der Waals surface area contributed by atoms with Crippen LogP contribution in [0.4, 0.5) is 11.4 Å². The van der Waals surface area contributed by atoms with Gasteiger partial charge in [0.2, 0.25) is 0 Å². The van der Waals surface area contributed by atoms with E-state index >= 15 is 0 Å². The van der Waals surface area contributed by atoms with Crippen molar-refractivity contribution in [3.63, 3.8) is 0 Å². The number of anilines is 1. The lowest BCUT2D eigenvalue weighted by molar-refractivity contribution is -0.385. The van der Waals surface area contributed by atoms with Gasteiger partial charge in [0.1, 0.15) is 0 Å². The molecule has 0 radical (unpaired) electrons. The van der Waals surface area contributed by atoms with E-state index in [9.17, 15) is 10.1 Å². The van der Waals surface area contributed by atoms with Gasteiger partial charge >= 0.3 is 0 Å². The molecule has 0 bridgehead atoms. The molecule has 2 rings (SSSR count). The third-order valence-electron chi connectivity index (χ3n) is 2.82. The summed E-state index contributed by atoms with van der Waals surface area (Å²) in [6.07, 6.45) is 1.74. The van der Waals surface area contributed by atoms with Gasteiger partial charge in [-0.15, -0.1) is 0 Å². The summed E-state index contributed by atoms with van der Waals surface area (Å²) in [5.74, 6) is 0. The first-order chi connectivity index (χ1) is 8.58. The highest BCUT2D eigenvalue weighted by molar-refractivity contribution is 5.55. The molecule has 0 atom stereocenters. The van der Waals surface area contributed by atoms with Crippen molar-refractivity contribution in [3.05, 3.63) is 51.3 Å². The number of H-pyrrole nitrogens is 1. The van der Waals surface area contributed by atoms with Gasteiger partial charge in [-0.05, 0) is 19.9 Å². The number of rotatable bonds is 4. The molecule has 1 aromatic carbocycles. The van der Waals surface area contributed by atoms with Crippen LogP contribution in [-0.4, -0.2) is 15.1 Å². The van der Waals surface area contributed by atoms with E-state index < -0.39 is 0 Å². The first kappa shape index (κ1) is 12.1. The van der Waals surface area contributed by atoms with E-state index in [1.807, 2.05) is 13.0 Å². The Morgan fingerprint density at radius 2 is 2.22 bits per heavy atom. The highest BCUT2D eigenvalue weighted by atomic mass is 16.6. The average Bonchev–Trinajstić information content (AvgIpc) is 2.73. The standard InChI is InChI=1S/C12H14N4O2/c1-8-3-4-11(5-12(8)16(17)18)13-6-10-7-14-15-9(10)2/h3-5,7,13H,6H2,1-2H3,(H,14,15). The maximum Gasteiger partial charge on any atom is 0.274 e. The molecule has 0 amide bonds. The highest BCUT2D eigenvalue weighted by Gasteiger charge is 2.10. The summed E-state index contributed by atoms with van der Waals surface area (Å²) < 4.78 is 0. The summed E-state index contributed by atoms with van der Waals surface area (Å²) in [5.41, 5.74) is 3.55. The predicted molar refractivity (Wildman–Crippen MR) is 68.5 cm³/mol. The minimum absolute atomic E-state index is 0.129. The van der Waals surface area contributed by atoms with Crippen LogP contribution in [0.2, 0.25) is 0 Å². The van der Waals surface area contributed by atoms with Gasteiger partial charge in [0.25, 0.3) is 5.69 Å². The molecule has 0 aliphatic heterocycles. The number of nitrogens with zero attached hydrogens (tertiary/aromatic N) is 2. The highest BCUT2D eigenvalue weighted by Crippen LogP contribution is 2.22. The fraction of sp³-hybridized carbons (Fsp3) is 0.250. The van der Waals surface area contributed by atoms with Crippen LogP contribution in [0.1, 0.15) is 16.8 Å². The normalized spacial score (nSPS) is 10.3. The molecule has 1 heterocycles. The first-order valence-electron chi connectivity index (χ1n) is 5.55. The minimum Gasteiger partial charge on any atom is -0.381 e. The number of aryl methyl sites for hydroxylation is 2. The molecule has 6 heteroatoms. The third kappa shape index (κ3) is 2.48. The molecule has 2 aromatic rings. The summed E-state index contributed by atoms with van der Waals surface area (Å²) in [6, 6.07) is 5.12. The Kier molecular flexibility index (Phi) is 3.27. The van der Waals surface area contributed by atoms with Crippen molar-refractivity contribution in [3.8, 4) is 0 Å². The van der Waals surface area contributed by atoms with E-state index in [1.165, 1.54) is 0 Å². The van der Waals surface area contributed by atoms with Gasteiger partial charge in [0.05, 0.1) is 11.1 Å². The number of hydrogen-bond donors (Lipinski definition) is 2. The number of nitro groups is 1. The fourth-order valence-electron chi connectivity index (χ4n) is 1.67. The van der Waals surface area contributed by atoms with Crippen LogP contribution in [0.25, 0.3) is 0 Å². The van der Waals surface area contributed by atoms with Crippen LogP contribution >= 0.6 is 0 Å². The Hall–Kier alpha value is -2.37. The van der Waals surface area contributed by atoms with Gasteiger partial charge in [-0.25, -0.2) is 0 Å². The van der Waals surface area contributed by atoms with Gasteiger partial charge in [0, 0.05) is 35.1 Å². The van der Waals surface area contributed by atoms with Crippen molar-refractivity contribution in [2.24, 2.45) is 0 Å². The lowest BCUT2D eigenvalue weighted by Gasteiger charge is -2.06. The number of aromatic amines is 1. The SMILES string of the molecule is Cc1ccc(NCc2cn[nH]c2C)cc1[N+](=O)[O-]. The second-order valence-electron chi connectivity index (χ2n) is 4.13. The van der Waals surface area contributed by atoms with Crippen LogP contribution in [0.5, 0.6) is 0 Å². The molecule has 0 saturated heterocycles. The molecule has 94 valence electrons. The Morgan fingerprint density at radius 1 is 1.44 bits per heavy atom. The summed E-state index contributed by atoms with van der Waals surface area (Å²) >= 11 is 0. The Balaban J connectivity index is 2.13. The Bertz CT molecular complexity index is 577. The summed E-state index contributed by atoms with van der Waals surface area (Å²) in [7, 11) is 0. The van der Waals surface area contributed by atoms with Gasteiger partial charge in [-0.1, -0.05) is 6.07 Å². The number of benzene rings is 1. The molecular formula is C12H14N4O2. The van der Waals surface area contributed by atoms with Gasteiger partial charge in [0.15, 0.2) is 0 Å². The van der Waals surface area contributed by atoms with Crippen LogP contribution < -0.4 is 5.32 Å². The molecule has 2 N–H and O–H groups in total. The van der Waals surface area contributed by atoms with E-state index in [4.69, 9.17) is 0 Å². The molecule has 0 saturated carbocycles. The molecule has 0 fully saturated rings. The smallest absolute Gasteiger partial charge is 0.274 e. The maximum atomic E-state index is 10.8. The molecule has 0 aliphatic carbocycles. The lowest BCUT2D eigenvalue weighted by Crippen LogP contribution is -2.01. The predicted octanol–water partition coefficient (Wildman–Crippen LogP) is 2.55. The zero-order valence-electron chi connectivity index (χ0n) is 10.2. The van der Waals surface area contributed by atoms with Crippen molar-refractivity contribution in [2.75, 3.05) is 5.32 Å². The Labute approximate surface area is 104 Å². The van der Waals surface area contributed by atoms with Crippen molar-refractivity contribution >= 4 is 11.4 Å². The van der Waals surface area contributed by atoms with Crippen LogP contribution in [-0.2, 0) is 6.54 Å². The summed E-state index contributed by atoms with van der Waals surface area (Å²) in [6.45, 7) is 4.24. The number of hydrogen-bond acceptors (Lipinski definition) is 4. The topological polar surface area (TPSA) is 83.8 Å². The second kappa shape index (κ2) is 4.87. The van der Waals surface area contributed by atoms with Gasteiger partial charge in [-0.2, -0.15) is 5.10 Å². The molecule has 18 heavy (non-hydrogen) atoms. The van der Waals surface area contributed by atoms with E-state index in [0.29, 0.717) is 12.1 Å². The summed E-state index contributed by atoms with van der Waals surface area (Å²) in [4.78, 5) is 10.5. The zero-order valence-corrected chi connectivity index (χ0v) is 10.2. The molecular weight excluding hydrogens is 232 g/mol. The number of nitrogens with one attached hydrogen (secondary N) is 2. The molecule has 0 unspecified atom stereocenters. The second-order valence-corrected chi connectivity index (χ2v) is 4.13. The average molecular weight is 246 g/mol. The van der Waals surface area contributed by atoms with E-state index in [2.05, 4.69) is 15.5 Å². The van der Waals surface area contributed by atoms with Crippen molar-refractivity contribution in [1.82, 2.24) is 10.2 Å². The lowest BCUT2D eigenvalue weighted by atomic mass is 10.2. The van der Waals surface area contributed by atoms with E-state index in [0.717, 1.165) is 16.9 Å². The van der Waals surface area contributed by atoms with Crippen LogP contribution in [0.3, 0.4) is 0 Å². The van der Waals surface area contributed by atoms with E-state index in [1.54, 1.807) is 25.3 Å². The minimum atomic E-state index is -0.371. The summed E-state index contributed by atoms with van der Waals surface area (Å²) in [5, 5.41) is 20.7. The molecule has 6 nitrogen and oxygen atoms in total. The monoisotopic (exact) mass is 246 g/mol. The number of nitro benzene ring substituents is 1. The van der Waals surface area contributed by atoms with Gasteiger partial charge in [-0.3, -0.25) is 15.2 Å². The van der Waals surface area contributed by atoms with E-state index in [-0.39, 0.29) is 10.6 Å². The molecule has 1 aromatic heterocycles. The number of aromatic nitrogens is 2. The van der Waals surface area contributed by atoms with Crippen LogP contribution in [0.15, 0.2) is 24.4 Å². The van der Waals surface area contributed by atoms with Crippen molar-refractivity contribution in [1.29, 1.82) is 0 Å². The first-order valence-corrected chi connectivity index (χ1v) is 5.55. The fourth-order valence-corrected chi connectivity index (χ4v) is 1.67. The maximum absolute atomic E-state index is 10.8. The van der Waals surface area contributed by atoms with Crippen molar-refractivity contribution < 1.29 is 4.92 Å². The Morgan fingerprint density at radius 3 is 2.83 bits per heavy atom. The quantitative estimate of drug-likeness (QED) is 0.641. The van der Waals surface area contributed by atoms with Crippen molar-refractivity contribution in [2.45, 2.75) is 20.4 Å². The van der Waals surface area contributed by atoms with Gasteiger partial charge < -0.3 is 5.32 Å².